The molecule has 2 atom stereocenters. The number of benzene rings is 1. The second kappa shape index (κ2) is 6.72. The van der Waals surface area contributed by atoms with Gasteiger partial charge in [-0.05, 0) is 19.9 Å². The zero-order valence-electron chi connectivity index (χ0n) is 14.6. The first-order valence-electron chi connectivity index (χ1n) is 8.34. The fourth-order valence-electron chi connectivity index (χ4n) is 3.48. The molecule has 0 saturated carbocycles. The predicted octanol–water partition coefficient (Wildman–Crippen LogP) is 3.39. The standard InChI is InChI=1S/C18H15FN4O3S/c1-9-5-23(6-10(2)25-9)16-11(7-24)3-12-15(22-26-17(12)14(16)19)18-13(4-20)21-8-27-18/h3,7-10H,5-6H2,1-2H3. The van der Waals surface area contributed by atoms with Gasteiger partial charge >= 0.3 is 0 Å². The van der Waals surface area contributed by atoms with Gasteiger partial charge in [-0.15, -0.1) is 11.3 Å². The van der Waals surface area contributed by atoms with Crippen LogP contribution >= 0.6 is 11.3 Å². The normalized spacial score (nSPS) is 20.0. The Hall–Kier alpha value is -2.83. The zero-order chi connectivity index (χ0) is 19.1. The van der Waals surface area contributed by atoms with Crippen molar-refractivity contribution in [2.75, 3.05) is 18.0 Å². The topological polar surface area (TPSA) is 92.2 Å². The van der Waals surface area contributed by atoms with E-state index in [9.17, 15) is 10.1 Å². The first-order chi connectivity index (χ1) is 13.0. The number of aldehydes is 1. The molecule has 1 aliphatic rings. The number of fused-ring (bicyclic) bond motifs is 1. The van der Waals surface area contributed by atoms with Crippen LogP contribution in [0.4, 0.5) is 10.1 Å². The number of hydrogen-bond donors (Lipinski definition) is 0. The molecule has 27 heavy (non-hydrogen) atoms. The molecule has 0 radical (unpaired) electrons. The molecule has 7 nitrogen and oxygen atoms in total. The molecule has 1 fully saturated rings. The van der Waals surface area contributed by atoms with Crippen LogP contribution < -0.4 is 4.90 Å². The summed E-state index contributed by atoms with van der Waals surface area (Å²) in [6, 6.07) is 3.53. The minimum Gasteiger partial charge on any atom is -0.372 e. The molecule has 0 aliphatic carbocycles. The summed E-state index contributed by atoms with van der Waals surface area (Å²) in [6.07, 6.45) is 0.435. The number of ether oxygens (including phenoxy) is 1. The van der Waals surface area contributed by atoms with E-state index in [1.807, 2.05) is 19.9 Å². The highest BCUT2D eigenvalue weighted by molar-refractivity contribution is 7.13. The Balaban J connectivity index is 1.90. The van der Waals surface area contributed by atoms with Crippen LogP contribution in [0.15, 0.2) is 16.1 Å². The van der Waals surface area contributed by atoms with Gasteiger partial charge in [0.25, 0.3) is 0 Å². The molecule has 9 heteroatoms. The maximum Gasteiger partial charge on any atom is 0.205 e. The summed E-state index contributed by atoms with van der Waals surface area (Å²) < 4.78 is 26.3. The molecule has 3 aromatic rings. The number of nitriles is 1. The van der Waals surface area contributed by atoms with Gasteiger partial charge < -0.3 is 14.2 Å². The Labute approximate surface area is 158 Å². The molecule has 1 aromatic carbocycles. The van der Waals surface area contributed by atoms with E-state index in [-0.39, 0.29) is 34.7 Å². The van der Waals surface area contributed by atoms with E-state index in [2.05, 4.69) is 10.1 Å². The molecule has 0 amide bonds. The second-order valence-corrected chi connectivity index (χ2v) is 7.31. The van der Waals surface area contributed by atoms with Crippen molar-refractivity contribution in [3.63, 3.8) is 0 Å². The molecule has 1 aliphatic heterocycles. The van der Waals surface area contributed by atoms with Crippen molar-refractivity contribution in [1.29, 1.82) is 5.26 Å². The summed E-state index contributed by atoms with van der Waals surface area (Å²) in [5.74, 6) is -0.641. The third-order valence-electron chi connectivity index (χ3n) is 4.46. The highest BCUT2D eigenvalue weighted by Crippen LogP contribution is 2.38. The van der Waals surface area contributed by atoms with Gasteiger partial charge in [-0.25, -0.2) is 9.37 Å². The zero-order valence-corrected chi connectivity index (χ0v) is 15.4. The van der Waals surface area contributed by atoms with Crippen molar-refractivity contribution in [2.45, 2.75) is 26.1 Å². The number of anilines is 1. The van der Waals surface area contributed by atoms with Crippen LogP contribution in [0.25, 0.3) is 21.5 Å². The molecule has 2 aromatic heterocycles. The summed E-state index contributed by atoms with van der Waals surface area (Å²) in [5.41, 5.74) is 2.34. The van der Waals surface area contributed by atoms with Gasteiger partial charge in [0.05, 0.1) is 33.7 Å². The average Bonchev–Trinajstić information content (AvgIpc) is 3.26. The van der Waals surface area contributed by atoms with Crippen LogP contribution in [0.1, 0.15) is 29.9 Å². The number of carbonyl (C=O) groups is 1. The number of morpholine rings is 1. The lowest BCUT2D eigenvalue weighted by molar-refractivity contribution is -0.00543. The molecule has 3 heterocycles. The van der Waals surface area contributed by atoms with E-state index in [4.69, 9.17) is 9.26 Å². The molecule has 138 valence electrons. The number of aromatic nitrogens is 2. The Morgan fingerprint density at radius 3 is 2.81 bits per heavy atom. The fourth-order valence-corrected chi connectivity index (χ4v) is 4.21. The van der Waals surface area contributed by atoms with Crippen LogP contribution in [0.3, 0.4) is 0 Å². The van der Waals surface area contributed by atoms with E-state index in [0.29, 0.717) is 35.3 Å². The highest BCUT2D eigenvalue weighted by Gasteiger charge is 2.30. The van der Waals surface area contributed by atoms with E-state index in [1.54, 1.807) is 11.0 Å². The van der Waals surface area contributed by atoms with E-state index >= 15 is 4.39 Å². The smallest absolute Gasteiger partial charge is 0.205 e. The van der Waals surface area contributed by atoms with Gasteiger partial charge in [0, 0.05) is 18.7 Å². The van der Waals surface area contributed by atoms with E-state index in [1.165, 1.54) is 16.8 Å². The first kappa shape index (κ1) is 17.6. The van der Waals surface area contributed by atoms with Gasteiger partial charge in [-0.2, -0.15) is 5.26 Å². The summed E-state index contributed by atoms with van der Waals surface area (Å²) in [7, 11) is 0. The monoisotopic (exact) mass is 386 g/mol. The van der Waals surface area contributed by atoms with Gasteiger partial charge in [0.15, 0.2) is 17.8 Å². The molecule has 4 rings (SSSR count). The third-order valence-corrected chi connectivity index (χ3v) is 5.29. The SMILES string of the molecule is CC1CN(c2c(C=O)cc3c(-c4scnc4C#N)noc3c2F)CC(C)O1. The Morgan fingerprint density at radius 2 is 2.15 bits per heavy atom. The number of halogens is 1. The summed E-state index contributed by atoms with van der Waals surface area (Å²) >= 11 is 1.21. The largest absolute Gasteiger partial charge is 0.372 e. The van der Waals surface area contributed by atoms with Crippen molar-refractivity contribution in [3.8, 4) is 16.6 Å². The number of rotatable bonds is 3. The maximum atomic E-state index is 15.3. The fraction of sp³-hybridized carbons (Fsp3) is 0.333. The number of thiazole rings is 1. The Bertz CT molecular complexity index is 1060. The van der Waals surface area contributed by atoms with Crippen LogP contribution in [0.2, 0.25) is 0 Å². The maximum absolute atomic E-state index is 15.3. The lowest BCUT2D eigenvalue weighted by Crippen LogP contribution is -2.46. The van der Waals surface area contributed by atoms with Gasteiger partial charge in [0.1, 0.15) is 11.8 Å². The van der Waals surface area contributed by atoms with Crippen molar-refractivity contribution in [2.24, 2.45) is 0 Å². The van der Waals surface area contributed by atoms with Crippen molar-refractivity contribution >= 4 is 34.3 Å². The van der Waals surface area contributed by atoms with Crippen LogP contribution in [-0.4, -0.2) is 41.7 Å². The summed E-state index contributed by atoms with van der Waals surface area (Å²) in [5, 5.41) is 13.5. The highest BCUT2D eigenvalue weighted by atomic mass is 32.1. The number of carbonyl (C=O) groups excluding carboxylic acids is 1. The van der Waals surface area contributed by atoms with E-state index < -0.39 is 5.82 Å². The second-order valence-electron chi connectivity index (χ2n) is 6.46. The molecule has 0 spiro atoms. The minimum atomic E-state index is -0.641. The third kappa shape index (κ3) is 2.87. The van der Waals surface area contributed by atoms with Crippen molar-refractivity contribution < 1.29 is 18.4 Å². The first-order valence-corrected chi connectivity index (χ1v) is 9.22. The van der Waals surface area contributed by atoms with Crippen LogP contribution in [-0.2, 0) is 4.74 Å². The number of hydrogen-bond acceptors (Lipinski definition) is 8. The van der Waals surface area contributed by atoms with Gasteiger partial charge in [0.2, 0.25) is 5.58 Å². The summed E-state index contributed by atoms with van der Waals surface area (Å²) in [4.78, 5) is 18.0. The van der Waals surface area contributed by atoms with Crippen molar-refractivity contribution in [1.82, 2.24) is 10.1 Å². The minimum absolute atomic E-state index is 0.0466. The molecular weight excluding hydrogens is 371 g/mol. The molecule has 0 N–H and O–H groups in total. The molecule has 1 saturated heterocycles. The molecule has 2 unspecified atom stereocenters. The summed E-state index contributed by atoms with van der Waals surface area (Å²) in [6.45, 7) is 4.73. The lowest BCUT2D eigenvalue weighted by Gasteiger charge is -2.37. The van der Waals surface area contributed by atoms with Gasteiger partial charge in [-0.1, -0.05) is 5.16 Å². The average molecular weight is 386 g/mol. The van der Waals surface area contributed by atoms with Crippen molar-refractivity contribution in [3.05, 3.63) is 28.7 Å². The van der Waals surface area contributed by atoms with Crippen LogP contribution in [0, 0.1) is 17.1 Å². The Morgan fingerprint density at radius 1 is 1.41 bits per heavy atom. The predicted molar refractivity (Wildman–Crippen MR) is 97.4 cm³/mol. The molecular formula is C18H15FN4O3S. The van der Waals surface area contributed by atoms with E-state index in [0.717, 1.165) is 0 Å². The Kier molecular flexibility index (Phi) is 4.37. The quantitative estimate of drug-likeness (QED) is 0.637. The lowest BCUT2D eigenvalue weighted by atomic mass is 10.0. The number of nitrogens with zero attached hydrogens (tertiary/aromatic N) is 4. The molecule has 0 bridgehead atoms. The van der Waals surface area contributed by atoms with Gasteiger partial charge in [-0.3, -0.25) is 4.79 Å². The van der Waals surface area contributed by atoms with Crippen LogP contribution in [0.5, 0.6) is 0 Å².